The molecule has 1 amide bonds. The first-order valence-electron chi connectivity index (χ1n) is 9.19. The van der Waals surface area contributed by atoms with E-state index in [1.807, 2.05) is 30.3 Å². The number of hydrogen-bond donors (Lipinski definition) is 1. The van der Waals surface area contributed by atoms with Crippen LogP contribution in [0.4, 0.5) is 4.39 Å². The third-order valence-electron chi connectivity index (χ3n) is 4.75. The van der Waals surface area contributed by atoms with Gasteiger partial charge in [-0.25, -0.2) is 4.39 Å². The number of benzene rings is 3. The van der Waals surface area contributed by atoms with Crippen LogP contribution in [0, 0.1) is 19.7 Å². The van der Waals surface area contributed by atoms with Gasteiger partial charge in [0, 0.05) is 6.42 Å². The standard InChI is InChI=1S/C24H24FNO/c1-17-12-14-21(18(2)16-17)24(20-9-4-3-5-10-20)26-23(27)15-13-19-8-6-7-11-22(19)25/h3-12,14,16,24H,13,15H2,1-2H3,(H,26,27). The number of carbonyl (C=O) groups excluding carboxylic acids is 1. The van der Waals surface area contributed by atoms with Gasteiger partial charge in [-0.2, -0.15) is 0 Å². The number of halogens is 1. The maximum absolute atomic E-state index is 13.8. The van der Waals surface area contributed by atoms with Crippen LogP contribution in [0.25, 0.3) is 0 Å². The first-order valence-corrected chi connectivity index (χ1v) is 9.19. The van der Waals surface area contributed by atoms with E-state index in [2.05, 4.69) is 37.4 Å². The molecule has 1 N–H and O–H groups in total. The molecule has 0 heterocycles. The summed E-state index contributed by atoms with van der Waals surface area (Å²) in [6.45, 7) is 4.12. The maximum atomic E-state index is 13.8. The number of carbonyl (C=O) groups is 1. The molecule has 1 atom stereocenters. The molecule has 0 aliphatic rings. The Kier molecular flexibility index (Phi) is 6.02. The molecule has 0 saturated carbocycles. The molecule has 0 radical (unpaired) electrons. The first kappa shape index (κ1) is 18.8. The SMILES string of the molecule is Cc1ccc(C(NC(=O)CCc2ccccc2F)c2ccccc2)c(C)c1. The molecule has 138 valence electrons. The lowest BCUT2D eigenvalue weighted by Crippen LogP contribution is -2.30. The highest BCUT2D eigenvalue weighted by Gasteiger charge is 2.18. The number of hydrogen-bond acceptors (Lipinski definition) is 1. The molecular weight excluding hydrogens is 337 g/mol. The summed E-state index contributed by atoms with van der Waals surface area (Å²) in [6.07, 6.45) is 0.627. The molecule has 3 rings (SSSR count). The third kappa shape index (κ3) is 4.82. The van der Waals surface area contributed by atoms with E-state index in [9.17, 15) is 9.18 Å². The largest absolute Gasteiger partial charge is 0.345 e. The van der Waals surface area contributed by atoms with Crippen molar-refractivity contribution in [2.24, 2.45) is 0 Å². The van der Waals surface area contributed by atoms with Crippen LogP contribution in [-0.4, -0.2) is 5.91 Å². The van der Waals surface area contributed by atoms with Gasteiger partial charge >= 0.3 is 0 Å². The van der Waals surface area contributed by atoms with Crippen molar-refractivity contribution in [3.63, 3.8) is 0 Å². The van der Waals surface area contributed by atoms with Gasteiger partial charge in [-0.05, 0) is 48.6 Å². The molecule has 0 bridgehead atoms. The van der Waals surface area contributed by atoms with E-state index in [-0.39, 0.29) is 24.2 Å². The Morgan fingerprint density at radius 2 is 1.67 bits per heavy atom. The number of nitrogens with one attached hydrogen (secondary N) is 1. The Morgan fingerprint density at radius 1 is 0.963 bits per heavy atom. The normalized spacial score (nSPS) is 11.8. The topological polar surface area (TPSA) is 29.1 Å². The minimum absolute atomic E-state index is 0.0907. The Balaban J connectivity index is 1.79. The quantitative estimate of drug-likeness (QED) is 0.636. The first-order chi connectivity index (χ1) is 13.0. The van der Waals surface area contributed by atoms with E-state index in [4.69, 9.17) is 0 Å². The second kappa shape index (κ2) is 8.63. The lowest BCUT2D eigenvalue weighted by molar-refractivity contribution is -0.121. The van der Waals surface area contributed by atoms with Crippen molar-refractivity contribution in [1.82, 2.24) is 5.32 Å². The second-order valence-corrected chi connectivity index (χ2v) is 6.86. The van der Waals surface area contributed by atoms with Crippen molar-refractivity contribution in [2.75, 3.05) is 0 Å². The monoisotopic (exact) mass is 361 g/mol. The van der Waals surface area contributed by atoms with Crippen LogP contribution in [0.15, 0.2) is 72.8 Å². The fraction of sp³-hybridized carbons (Fsp3) is 0.208. The van der Waals surface area contributed by atoms with Crippen LogP contribution < -0.4 is 5.32 Å². The van der Waals surface area contributed by atoms with Crippen molar-refractivity contribution in [2.45, 2.75) is 32.7 Å². The number of aryl methyl sites for hydroxylation is 3. The van der Waals surface area contributed by atoms with Crippen molar-refractivity contribution in [3.05, 3.63) is 106 Å². The van der Waals surface area contributed by atoms with E-state index in [1.165, 1.54) is 11.6 Å². The summed E-state index contributed by atoms with van der Waals surface area (Å²) in [4.78, 5) is 12.6. The van der Waals surface area contributed by atoms with Crippen LogP contribution in [0.3, 0.4) is 0 Å². The molecule has 1 unspecified atom stereocenters. The zero-order chi connectivity index (χ0) is 19.2. The third-order valence-corrected chi connectivity index (χ3v) is 4.75. The van der Waals surface area contributed by atoms with Gasteiger partial charge in [0.15, 0.2) is 0 Å². The number of rotatable bonds is 6. The summed E-state index contributed by atoms with van der Waals surface area (Å²) in [6, 6.07) is 22.6. The Bertz CT molecular complexity index is 921. The van der Waals surface area contributed by atoms with Gasteiger partial charge in [-0.15, -0.1) is 0 Å². The molecule has 0 aliphatic heterocycles. The Labute approximate surface area is 160 Å². The molecule has 0 fully saturated rings. The zero-order valence-electron chi connectivity index (χ0n) is 15.7. The van der Waals surface area contributed by atoms with Crippen LogP contribution in [0.1, 0.15) is 40.3 Å². The summed E-state index contributed by atoms with van der Waals surface area (Å²) < 4.78 is 13.8. The number of amides is 1. The van der Waals surface area contributed by atoms with Crippen molar-refractivity contribution in [1.29, 1.82) is 0 Å². The highest BCUT2D eigenvalue weighted by molar-refractivity contribution is 5.77. The lowest BCUT2D eigenvalue weighted by Gasteiger charge is -2.22. The molecule has 3 aromatic rings. The van der Waals surface area contributed by atoms with E-state index >= 15 is 0 Å². The Hall–Kier alpha value is -2.94. The molecule has 2 nitrogen and oxygen atoms in total. The van der Waals surface area contributed by atoms with Gasteiger partial charge in [0.2, 0.25) is 5.91 Å². The molecule has 0 aliphatic carbocycles. The lowest BCUT2D eigenvalue weighted by atomic mass is 9.93. The minimum atomic E-state index is -0.265. The van der Waals surface area contributed by atoms with Gasteiger partial charge in [0.1, 0.15) is 5.82 Å². The van der Waals surface area contributed by atoms with E-state index in [0.717, 1.165) is 16.7 Å². The zero-order valence-corrected chi connectivity index (χ0v) is 15.7. The average molecular weight is 361 g/mol. The van der Waals surface area contributed by atoms with Crippen LogP contribution >= 0.6 is 0 Å². The van der Waals surface area contributed by atoms with Gasteiger partial charge in [0.05, 0.1) is 6.04 Å². The minimum Gasteiger partial charge on any atom is -0.345 e. The van der Waals surface area contributed by atoms with Gasteiger partial charge in [0.25, 0.3) is 0 Å². The second-order valence-electron chi connectivity index (χ2n) is 6.86. The smallest absolute Gasteiger partial charge is 0.221 e. The van der Waals surface area contributed by atoms with Crippen molar-refractivity contribution < 1.29 is 9.18 Å². The highest BCUT2D eigenvalue weighted by Crippen LogP contribution is 2.26. The van der Waals surface area contributed by atoms with E-state index in [1.54, 1.807) is 18.2 Å². The Morgan fingerprint density at radius 3 is 2.37 bits per heavy atom. The fourth-order valence-electron chi connectivity index (χ4n) is 3.32. The summed E-state index contributed by atoms with van der Waals surface area (Å²) in [5, 5.41) is 3.14. The molecular formula is C24H24FNO. The predicted octanol–water partition coefficient (Wildman–Crippen LogP) is 5.28. The van der Waals surface area contributed by atoms with Gasteiger partial charge < -0.3 is 5.32 Å². The summed E-state index contributed by atoms with van der Waals surface area (Å²) in [7, 11) is 0. The molecule has 3 aromatic carbocycles. The summed E-state index contributed by atoms with van der Waals surface area (Å²) in [5.74, 6) is -0.355. The van der Waals surface area contributed by atoms with Gasteiger partial charge in [-0.1, -0.05) is 72.3 Å². The van der Waals surface area contributed by atoms with Gasteiger partial charge in [-0.3, -0.25) is 4.79 Å². The predicted molar refractivity (Wildman–Crippen MR) is 107 cm³/mol. The van der Waals surface area contributed by atoms with Crippen molar-refractivity contribution >= 4 is 5.91 Å². The summed E-state index contributed by atoms with van der Waals surface area (Å²) in [5.41, 5.74) is 5.00. The average Bonchev–Trinajstić information content (AvgIpc) is 2.67. The molecule has 3 heteroatoms. The molecule has 0 aromatic heterocycles. The summed E-state index contributed by atoms with van der Waals surface area (Å²) >= 11 is 0. The van der Waals surface area contributed by atoms with Crippen molar-refractivity contribution in [3.8, 4) is 0 Å². The van der Waals surface area contributed by atoms with E-state index < -0.39 is 0 Å². The van der Waals surface area contributed by atoms with Crippen LogP contribution in [0.5, 0.6) is 0 Å². The van der Waals surface area contributed by atoms with Crippen LogP contribution in [-0.2, 0) is 11.2 Å². The molecule has 0 spiro atoms. The fourth-order valence-corrected chi connectivity index (χ4v) is 3.32. The molecule has 27 heavy (non-hydrogen) atoms. The maximum Gasteiger partial charge on any atom is 0.221 e. The highest BCUT2D eigenvalue weighted by atomic mass is 19.1. The van der Waals surface area contributed by atoms with Crippen LogP contribution in [0.2, 0.25) is 0 Å². The van der Waals surface area contributed by atoms with E-state index in [0.29, 0.717) is 12.0 Å². The molecule has 0 saturated heterocycles.